The second kappa shape index (κ2) is 11.5. The molecule has 0 aliphatic heterocycles. The highest BCUT2D eigenvalue weighted by Crippen LogP contribution is 2.20. The van der Waals surface area contributed by atoms with Crippen LogP contribution in [0.5, 0.6) is 0 Å². The van der Waals surface area contributed by atoms with Crippen molar-refractivity contribution in [3.63, 3.8) is 0 Å². The van der Waals surface area contributed by atoms with Gasteiger partial charge in [0, 0.05) is 0 Å². The average molecular weight is 377 g/mol. The van der Waals surface area contributed by atoms with Crippen LogP contribution in [0.2, 0.25) is 0 Å². The van der Waals surface area contributed by atoms with Crippen LogP contribution in [0.3, 0.4) is 0 Å². The van der Waals surface area contributed by atoms with Gasteiger partial charge in [-0.3, -0.25) is 14.4 Å². The first-order valence-electron chi connectivity index (χ1n) is 8.08. The molecule has 0 bridgehead atoms. The Morgan fingerprint density at radius 1 is 0.875 bits per heavy atom. The second-order valence-corrected chi connectivity index (χ2v) is 6.09. The molecule has 0 aromatic rings. The summed E-state index contributed by atoms with van der Waals surface area (Å²) in [5.74, 6) is 1.40. The predicted molar refractivity (Wildman–Crippen MR) is 87.9 cm³/mol. The van der Waals surface area contributed by atoms with Crippen LogP contribution in [0.1, 0.15) is 41.5 Å². The van der Waals surface area contributed by atoms with Crippen molar-refractivity contribution in [2.24, 2.45) is 0 Å². The first-order chi connectivity index (χ1) is 10.9. The smallest absolute Gasteiger partial charge is 0.485 e. The number of alkyl halides is 3. The van der Waals surface area contributed by atoms with Crippen LogP contribution >= 0.6 is 0 Å². The van der Waals surface area contributed by atoms with Crippen LogP contribution in [0.25, 0.3) is 0 Å². The molecule has 0 heterocycles. The Morgan fingerprint density at radius 3 is 1.25 bits per heavy atom. The van der Waals surface area contributed by atoms with E-state index in [1.54, 1.807) is 0 Å². The molecule has 0 spiro atoms. The zero-order valence-corrected chi connectivity index (χ0v) is 16.2. The highest BCUT2D eigenvalue weighted by molar-refractivity contribution is 7.86. The Balaban J connectivity index is 0. The first-order valence-corrected chi connectivity index (χ1v) is 9.49. The van der Waals surface area contributed by atoms with E-state index in [0.717, 1.165) is 39.3 Å². The minimum absolute atomic E-state index is 1.08. The van der Waals surface area contributed by atoms with Gasteiger partial charge in [0.25, 0.3) is 0 Å². The quantitative estimate of drug-likeness (QED) is 0.233. The van der Waals surface area contributed by atoms with Crippen molar-refractivity contribution in [1.82, 2.24) is 9.80 Å². The number of hydrogen-bond acceptors (Lipinski definition) is 3. The van der Waals surface area contributed by atoms with Gasteiger partial charge in [0.2, 0.25) is 0 Å². The SMILES string of the molecule is CCN(CC)C(N(CC)CC)=[N+](CC)CC.O=S(=O)([O-])C(F)(F)F. The maximum atomic E-state index is 10.7. The number of halogens is 3. The van der Waals surface area contributed by atoms with E-state index in [-0.39, 0.29) is 0 Å². The fraction of sp³-hybridized carbons (Fsp3) is 0.929. The van der Waals surface area contributed by atoms with Crippen LogP contribution in [0, 0.1) is 0 Å². The summed E-state index contributed by atoms with van der Waals surface area (Å²) in [5, 5.41) is 0. The average Bonchev–Trinajstić information content (AvgIpc) is 2.49. The molecule has 0 aromatic heterocycles. The summed E-state index contributed by atoms with van der Waals surface area (Å²) in [7, 11) is -6.09. The van der Waals surface area contributed by atoms with Gasteiger partial charge in [-0.2, -0.15) is 13.2 Å². The van der Waals surface area contributed by atoms with E-state index < -0.39 is 15.6 Å². The maximum absolute atomic E-state index is 10.7. The number of rotatable bonds is 6. The lowest BCUT2D eigenvalue weighted by Crippen LogP contribution is -2.49. The van der Waals surface area contributed by atoms with E-state index >= 15 is 0 Å². The Bertz CT molecular complexity index is 451. The van der Waals surface area contributed by atoms with Gasteiger partial charge in [0.05, 0.1) is 39.3 Å². The summed E-state index contributed by atoms with van der Waals surface area (Å²) in [5.41, 5.74) is -5.65. The Hall–Kier alpha value is -1.03. The number of guanidine groups is 1. The minimum atomic E-state index is -6.09. The third kappa shape index (κ3) is 8.18. The summed E-state index contributed by atoms with van der Waals surface area (Å²) in [6.45, 7) is 19.9. The monoisotopic (exact) mass is 377 g/mol. The molecule has 0 aromatic carbocycles. The molecule has 24 heavy (non-hydrogen) atoms. The lowest BCUT2D eigenvalue weighted by molar-refractivity contribution is -0.531. The summed E-state index contributed by atoms with van der Waals surface area (Å²) in [6.07, 6.45) is 0. The van der Waals surface area contributed by atoms with Crippen molar-refractivity contribution in [2.45, 2.75) is 47.1 Å². The molecule has 0 N–H and O–H groups in total. The molecule has 0 aliphatic rings. The van der Waals surface area contributed by atoms with E-state index in [1.807, 2.05) is 0 Å². The highest BCUT2D eigenvalue weighted by atomic mass is 32.2. The third-order valence-corrected chi connectivity index (χ3v) is 3.99. The third-order valence-electron chi connectivity index (χ3n) is 3.42. The number of hydrogen-bond donors (Lipinski definition) is 0. The largest absolute Gasteiger partial charge is 0.741 e. The molecular formula is C14H30F3N3O3S. The van der Waals surface area contributed by atoms with Gasteiger partial charge < -0.3 is 4.55 Å². The molecular weight excluding hydrogens is 347 g/mol. The Morgan fingerprint density at radius 2 is 1.12 bits per heavy atom. The molecule has 0 aliphatic carbocycles. The van der Waals surface area contributed by atoms with E-state index in [2.05, 4.69) is 55.9 Å². The molecule has 0 rings (SSSR count). The van der Waals surface area contributed by atoms with Crippen molar-refractivity contribution >= 4 is 16.1 Å². The van der Waals surface area contributed by atoms with Crippen molar-refractivity contribution in [2.75, 3.05) is 39.3 Å². The van der Waals surface area contributed by atoms with Gasteiger partial charge in [-0.05, 0) is 41.5 Å². The summed E-state index contributed by atoms with van der Waals surface area (Å²) in [6, 6.07) is 0. The van der Waals surface area contributed by atoms with Gasteiger partial charge in [-0.15, -0.1) is 0 Å². The standard InChI is InChI=1S/C13H30N3.CHF3O3S/c1-7-14(8-2)13(15(9-3)10-4)16(11-5)12-6;2-1(3,4)8(5,6)7/h7-12H2,1-6H3;(H,5,6,7)/q+1;/p-1. The Kier molecular flexibility index (Phi) is 12.1. The summed E-state index contributed by atoms with van der Waals surface area (Å²) >= 11 is 0. The predicted octanol–water partition coefficient (Wildman–Crippen LogP) is 2.13. The fourth-order valence-electron chi connectivity index (χ4n) is 2.12. The summed E-state index contributed by atoms with van der Waals surface area (Å²) < 4.78 is 61.4. The van der Waals surface area contributed by atoms with E-state index in [0.29, 0.717) is 0 Å². The van der Waals surface area contributed by atoms with E-state index in [1.165, 1.54) is 5.96 Å². The van der Waals surface area contributed by atoms with Gasteiger partial charge in [-0.25, -0.2) is 8.42 Å². The molecule has 0 radical (unpaired) electrons. The van der Waals surface area contributed by atoms with Crippen LogP contribution in [0.15, 0.2) is 0 Å². The first kappa shape index (κ1) is 25.2. The van der Waals surface area contributed by atoms with Crippen molar-refractivity contribution in [3.05, 3.63) is 0 Å². The molecule has 146 valence electrons. The second-order valence-electron chi connectivity index (χ2n) is 4.72. The minimum Gasteiger partial charge on any atom is -0.741 e. The van der Waals surface area contributed by atoms with Crippen molar-refractivity contribution < 1.29 is 30.7 Å². The van der Waals surface area contributed by atoms with Crippen LogP contribution in [0.4, 0.5) is 13.2 Å². The van der Waals surface area contributed by atoms with Crippen LogP contribution < -0.4 is 0 Å². The molecule has 0 fully saturated rings. The van der Waals surface area contributed by atoms with Gasteiger partial charge >= 0.3 is 11.5 Å². The van der Waals surface area contributed by atoms with E-state index in [4.69, 9.17) is 13.0 Å². The lowest BCUT2D eigenvalue weighted by atomic mass is 10.4. The maximum Gasteiger partial charge on any atom is 0.485 e. The molecule has 0 saturated heterocycles. The van der Waals surface area contributed by atoms with Crippen molar-refractivity contribution in [1.29, 1.82) is 0 Å². The van der Waals surface area contributed by atoms with Crippen molar-refractivity contribution in [3.8, 4) is 0 Å². The van der Waals surface area contributed by atoms with E-state index in [9.17, 15) is 13.2 Å². The molecule has 6 nitrogen and oxygen atoms in total. The number of nitrogens with zero attached hydrogens (tertiary/aromatic N) is 3. The zero-order valence-electron chi connectivity index (χ0n) is 15.4. The lowest BCUT2D eigenvalue weighted by Gasteiger charge is -2.27. The van der Waals surface area contributed by atoms with Gasteiger partial charge in [0.15, 0.2) is 10.1 Å². The molecule has 0 amide bonds. The summed E-state index contributed by atoms with van der Waals surface area (Å²) in [4.78, 5) is 4.92. The molecule has 10 heteroatoms. The Labute approximate surface area is 143 Å². The fourth-order valence-corrected chi connectivity index (χ4v) is 2.12. The van der Waals surface area contributed by atoms with Gasteiger partial charge in [0.1, 0.15) is 0 Å². The van der Waals surface area contributed by atoms with Gasteiger partial charge in [-0.1, -0.05) is 0 Å². The highest BCUT2D eigenvalue weighted by Gasteiger charge is 2.36. The molecule has 0 unspecified atom stereocenters. The van der Waals surface area contributed by atoms with Crippen LogP contribution in [-0.2, 0) is 10.1 Å². The topological polar surface area (TPSA) is 66.7 Å². The molecule has 0 saturated carbocycles. The van der Waals surface area contributed by atoms with Crippen LogP contribution in [-0.4, -0.2) is 78.1 Å². The zero-order chi connectivity index (χ0) is 19.6. The normalized spacial score (nSPS) is 11.4. The molecule has 0 atom stereocenters.